The molecule has 1 fully saturated rings. The van der Waals surface area contributed by atoms with Crippen molar-refractivity contribution in [2.75, 3.05) is 11.9 Å². The summed E-state index contributed by atoms with van der Waals surface area (Å²) in [6.45, 7) is 2.67. The number of hydrogen-bond acceptors (Lipinski definition) is 3. The molecule has 0 unspecified atom stereocenters. The number of nitrogens with two attached hydrogens (primary N) is 1. The van der Waals surface area contributed by atoms with Crippen molar-refractivity contribution in [3.05, 3.63) is 24.0 Å². The Morgan fingerprint density at radius 3 is 2.86 bits per heavy atom. The Kier molecular flexibility index (Phi) is 3.92. The molecule has 0 bridgehead atoms. The lowest BCUT2D eigenvalue weighted by atomic mass is 9.81. The van der Waals surface area contributed by atoms with E-state index in [0.29, 0.717) is 5.92 Å². The summed E-state index contributed by atoms with van der Waals surface area (Å²) in [4.78, 5) is 19.9. The van der Waals surface area contributed by atoms with Gasteiger partial charge in [-0.1, -0.05) is 0 Å². The Morgan fingerprint density at radius 1 is 1.38 bits per heavy atom. The van der Waals surface area contributed by atoms with Crippen molar-refractivity contribution in [2.24, 2.45) is 17.6 Å². The molecular formula is C16H22N4O. The molecule has 3 rings (SSSR count). The quantitative estimate of drug-likeness (QED) is 0.811. The highest BCUT2D eigenvalue weighted by Gasteiger charge is 2.25. The molecule has 1 heterocycles. The monoisotopic (exact) mass is 286 g/mol. The lowest BCUT2D eigenvalue weighted by Gasteiger charge is -2.26. The van der Waals surface area contributed by atoms with Gasteiger partial charge in [-0.25, -0.2) is 4.98 Å². The number of imidazole rings is 1. The van der Waals surface area contributed by atoms with E-state index in [9.17, 15) is 4.79 Å². The minimum absolute atomic E-state index is 0.118. The summed E-state index contributed by atoms with van der Waals surface area (Å²) >= 11 is 0. The number of carbonyl (C=O) groups is 1. The molecule has 0 aliphatic heterocycles. The number of anilines is 1. The maximum atomic E-state index is 12.3. The van der Waals surface area contributed by atoms with Gasteiger partial charge in [-0.15, -0.1) is 0 Å². The fourth-order valence-corrected chi connectivity index (χ4v) is 3.12. The molecule has 1 aromatic carbocycles. The molecule has 0 radical (unpaired) electrons. The maximum Gasteiger partial charge on any atom is 0.227 e. The first-order chi connectivity index (χ1) is 10.2. The number of nitrogens with zero attached hydrogens (tertiary/aromatic N) is 1. The zero-order valence-electron chi connectivity index (χ0n) is 12.4. The van der Waals surface area contributed by atoms with Crippen LogP contribution in [0.15, 0.2) is 18.2 Å². The topological polar surface area (TPSA) is 83.8 Å². The van der Waals surface area contributed by atoms with E-state index >= 15 is 0 Å². The number of fused-ring (bicyclic) bond motifs is 1. The number of hydrogen-bond donors (Lipinski definition) is 3. The first-order valence-corrected chi connectivity index (χ1v) is 7.63. The fraction of sp³-hybridized carbons (Fsp3) is 0.500. The van der Waals surface area contributed by atoms with Crippen molar-refractivity contribution in [1.82, 2.24) is 9.97 Å². The van der Waals surface area contributed by atoms with Gasteiger partial charge in [0.05, 0.1) is 11.0 Å². The molecule has 112 valence electrons. The summed E-state index contributed by atoms with van der Waals surface area (Å²) < 4.78 is 0. The van der Waals surface area contributed by atoms with Gasteiger partial charge in [0.2, 0.25) is 5.91 Å². The van der Waals surface area contributed by atoms with E-state index in [1.165, 1.54) is 0 Å². The summed E-state index contributed by atoms with van der Waals surface area (Å²) in [5.74, 6) is 1.72. The second kappa shape index (κ2) is 5.85. The molecule has 4 N–H and O–H groups in total. The van der Waals surface area contributed by atoms with E-state index < -0.39 is 0 Å². The van der Waals surface area contributed by atoms with Crippen LogP contribution in [-0.4, -0.2) is 22.4 Å². The highest BCUT2D eigenvalue weighted by molar-refractivity contribution is 5.94. The number of amides is 1. The molecule has 1 aromatic heterocycles. The van der Waals surface area contributed by atoms with Crippen LogP contribution >= 0.6 is 0 Å². The fourth-order valence-electron chi connectivity index (χ4n) is 3.12. The SMILES string of the molecule is Cc1nc2ccc(NC(=O)C3CCC(CN)CC3)cc2[nH]1. The predicted molar refractivity (Wildman–Crippen MR) is 84.0 cm³/mol. The maximum absolute atomic E-state index is 12.3. The van der Waals surface area contributed by atoms with E-state index in [2.05, 4.69) is 15.3 Å². The van der Waals surface area contributed by atoms with Crippen LogP contribution in [-0.2, 0) is 4.79 Å². The van der Waals surface area contributed by atoms with Crippen molar-refractivity contribution in [3.63, 3.8) is 0 Å². The molecule has 1 aliphatic rings. The van der Waals surface area contributed by atoms with E-state index in [0.717, 1.165) is 54.8 Å². The third-order valence-corrected chi connectivity index (χ3v) is 4.42. The Hall–Kier alpha value is -1.88. The molecule has 2 aromatic rings. The average Bonchev–Trinajstić information content (AvgIpc) is 2.86. The van der Waals surface area contributed by atoms with Crippen molar-refractivity contribution in [1.29, 1.82) is 0 Å². The van der Waals surface area contributed by atoms with Gasteiger partial charge in [0.1, 0.15) is 5.82 Å². The van der Waals surface area contributed by atoms with Crippen molar-refractivity contribution < 1.29 is 4.79 Å². The lowest BCUT2D eigenvalue weighted by molar-refractivity contribution is -0.121. The number of carbonyl (C=O) groups excluding carboxylic acids is 1. The highest BCUT2D eigenvalue weighted by Crippen LogP contribution is 2.29. The van der Waals surface area contributed by atoms with Crippen LogP contribution in [0.3, 0.4) is 0 Å². The summed E-state index contributed by atoms with van der Waals surface area (Å²) in [5.41, 5.74) is 8.40. The van der Waals surface area contributed by atoms with Crippen LogP contribution in [0, 0.1) is 18.8 Å². The first-order valence-electron chi connectivity index (χ1n) is 7.63. The second-order valence-corrected chi connectivity index (χ2v) is 6.00. The Bertz CT molecular complexity index is 641. The molecule has 5 nitrogen and oxygen atoms in total. The minimum Gasteiger partial charge on any atom is -0.342 e. The van der Waals surface area contributed by atoms with Crippen LogP contribution in [0.2, 0.25) is 0 Å². The smallest absolute Gasteiger partial charge is 0.227 e. The number of aryl methyl sites for hydroxylation is 1. The van der Waals surface area contributed by atoms with E-state index in [1.54, 1.807) is 0 Å². The highest BCUT2D eigenvalue weighted by atomic mass is 16.1. The number of aromatic amines is 1. The molecular weight excluding hydrogens is 264 g/mol. The van der Waals surface area contributed by atoms with E-state index in [1.807, 2.05) is 25.1 Å². The second-order valence-electron chi connectivity index (χ2n) is 6.00. The van der Waals surface area contributed by atoms with Crippen LogP contribution in [0.5, 0.6) is 0 Å². The number of benzene rings is 1. The molecule has 5 heteroatoms. The van der Waals surface area contributed by atoms with E-state index in [4.69, 9.17) is 5.73 Å². The summed E-state index contributed by atoms with van der Waals surface area (Å²) in [6, 6.07) is 5.78. The Labute approximate surface area is 124 Å². The van der Waals surface area contributed by atoms with Gasteiger partial charge in [-0.05, 0) is 63.3 Å². The zero-order valence-corrected chi connectivity index (χ0v) is 12.4. The van der Waals surface area contributed by atoms with Gasteiger partial charge in [-0.2, -0.15) is 0 Å². The molecule has 21 heavy (non-hydrogen) atoms. The number of rotatable bonds is 3. The van der Waals surface area contributed by atoms with Gasteiger partial charge in [0.25, 0.3) is 0 Å². The van der Waals surface area contributed by atoms with Crippen LogP contribution in [0.25, 0.3) is 11.0 Å². The predicted octanol–water partition coefficient (Wildman–Crippen LogP) is 2.57. The first kappa shape index (κ1) is 14.1. The summed E-state index contributed by atoms with van der Waals surface area (Å²) in [7, 11) is 0. The van der Waals surface area contributed by atoms with Crippen molar-refractivity contribution in [3.8, 4) is 0 Å². The van der Waals surface area contributed by atoms with Gasteiger partial charge >= 0.3 is 0 Å². The minimum atomic E-state index is 0.118. The third kappa shape index (κ3) is 3.08. The lowest BCUT2D eigenvalue weighted by Crippen LogP contribution is -2.29. The number of H-pyrrole nitrogens is 1. The average molecular weight is 286 g/mol. The van der Waals surface area contributed by atoms with Gasteiger partial charge < -0.3 is 16.0 Å². The molecule has 0 saturated heterocycles. The molecule has 0 atom stereocenters. The van der Waals surface area contributed by atoms with E-state index in [-0.39, 0.29) is 11.8 Å². The molecule has 0 spiro atoms. The molecule has 1 saturated carbocycles. The Balaban J connectivity index is 1.65. The van der Waals surface area contributed by atoms with Crippen LogP contribution in [0.4, 0.5) is 5.69 Å². The van der Waals surface area contributed by atoms with Gasteiger partial charge in [-0.3, -0.25) is 4.79 Å². The largest absolute Gasteiger partial charge is 0.342 e. The molecule has 1 amide bonds. The summed E-state index contributed by atoms with van der Waals surface area (Å²) in [6.07, 6.45) is 4.01. The van der Waals surface area contributed by atoms with Crippen LogP contribution < -0.4 is 11.1 Å². The standard InChI is InChI=1S/C16H22N4O/c1-10-18-14-7-6-13(8-15(14)19-10)20-16(21)12-4-2-11(9-17)3-5-12/h6-8,11-12H,2-5,9,17H2,1H3,(H,18,19)(H,20,21). The Morgan fingerprint density at radius 2 is 2.14 bits per heavy atom. The van der Waals surface area contributed by atoms with Crippen molar-refractivity contribution >= 4 is 22.6 Å². The number of nitrogens with one attached hydrogen (secondary N) is 2. The van der Waals surface area contributed by atoms with Crippen LogP contribution in [0.1, 0.15) is 31.5 Å². The van der Waals surface area contributed by atoms with Crippen molar-refractivity contribution in [2.45, 2.75) is 32.6 Å². The van der Waals surface area contributed by atoms with Gasteiger partial charge in [0, 0.05) is 11.6 Å². The zero-order chi connectivity index (χ0) is 14.8. The van der Waals surface area contributed by atoms with Gasteiger partial charge in [0.15, 0.2) is 0 Å². The number of aromatic nitrogens is 2. The molecule has 1 aliphatic carbocycles. The third-order valence-electron chi connectivity index (χ3n) is 4.42. The summed E-state index contributed by atoms with van der Waals surface area (Å²) in [5, 5.41) is 3.03. The normalized spacial score (nSPS) is 22.4.